The molecule has 27 heavy (non-hydrogen) atoms. The van der Waals surface area contributed by atoms with E-state index in [1.54, 1.807) is 0 Å². The topological polar surface area (TPSA) is 62.7 Å². The lowest BCUT2D eigenvalue weighted by Crippen LogP contribution is -2.19. The monoisotopic (exact) mass is 364 g/mol. The number of pyridine rings is 1. The normalized spacial score (nSPS) is 14.1. The van der Waals surface area contributed by atoms with E-state index >= 15 is 0 Å². The second-order valence-electron chi connectivity index (χ2n) is 8.04. The minimum Gasteiger partial charge on any atom is -0.312 e. The SMILES string of the molecule is CC(C)CNCc1cccc(-c2nn(C)c3[nH]c(=O)c4c(c23)CCCC4)c1. The maximum absolute atomic E-state index is 12.5. The second kappa shape index (κ2) is 7.31. The molecular formula is C22H28N4O. The maximum atomic E-state index is 12.5. The predicted molar refractivity (Wildman–Crippen MR) is 110 cm³/mol. The standard InChI is InChI=1S/C22H28N4O/c1-14(2)12-23-13-15-7-6-8-16(11-15)20-19-17-9-4-5-10-18(17)22(27)24-21(19)26(3)25-20/h6-8,11,14,23H,4-5,9-10,12-13H2,1-3H3,(H,24,27). The van der Waals surface area contributed by atoms with Gasteiger partial charge in [0.15, 0.2) is 0 Å². The molecule has 2 N–H and O–H groups in total. The molecule has 0 atom stereocenters. The van der Waals surface area contributed by atoms with Gasteiger partial charge in [0.05, 0.1) is 0 Å². The van der Waals surface area contributed by atoms with E-state index in [0.29, 0.717) is 5.92 Å². The van der Waals surface area contributed by atoms with E-state index < -0.39 is 0 Å². The molecule has 3 aromatic rings. The van der Waals surface area contributed by atoms with Gasteiger partial charge < -0.3 is 10.3 Å². The number of aryl methyl sites for hydroxylation is 2. The van der Waals surface area contributed by atoms with E-state index in [1.165, 1.54) is 11.1 Å². The number of rotatable bonds is 5. The molecule has 0 amide bonds. The molecule has 0 saturated heterocycles. The van der Waals surface area contributed by atoms with E-state index in [2.05, 4.69) is 48.4 Å². The number of nitrogens with one attached hydrogen (secondary N) is 2. The summed E-state index contributed by atoms with van der Waals surface area (Å²) in [6.07, 6.45) is 4.06. The zero-order valence-corrected chi connectivity index (χ0v) is 16.4. The summed E-state index contributed by atoms with van der Waals surface area (Å²) in [6, 6.07) is 8.59. The minimum atomic E-state index is 0.0541. The Bertz CT molecular complexity index is 1030. The van der Waals surface area contributed by atoms with Crippen LogP contribution >= 0.6 is 0 Å². The van der Waals surface area contributed by atoms with Crippen LogP contribution in [-0.2, 0) is 26.4 Å². The smallest absolute Gasteiger partial charge is 0.253 e. The van der Waals surface area contributed by atoms with Crippen LogP contribution in [0.1, 0.15) is 43.4 Å². The molecule has 1 aliphatic rings. The molecule has 0 bridgehead atoms. The Morgan fingerprint density at radius 2 is 2.00 bits per heavy atom. The van der Waals surface area contributed by atoms with Crippen molar-refractivity contribution >= 4 is 11.0 Å². The van der Waals surface area contributed by atoms with Gasteiger partial charge in [-0.1, -0.05) is 32.0 Å². The lowest BCUT2D eigenvalue weighted by atomic mass is 9.89. The summed E-state index contributed by atoms with van der Waals surface area (Å²) < 4.78 is 1.81. The Hall–Kier alpha value is -2.40. The van der Waals surface area contributed by atoms with Crippen molar-refractivity contribution in [3.63, 3.8) is 0 Å². The van der Waals surface area contributed by atoms with Gasteiger partial charge in [0.2, 0.25) is 0 Å². The minimum absolute atomic E-state index is 0.0541. The van der Waals surface area contributed by atoms with Gasteiger partial charge in [-0.05, 0) is 55.3 Å². The molecule has 0 unspecified atom stereocenters. The van der Waals surface area contributed by atoms with Crippen LogP contribution in [0.15, 0.2) is 29.1 Å². The molecule has 1 aliphatic carbocycles. The van der Waals surface area contributed by atoms with Gasteiger partial charge in [0, 0.05) is 30.1 Å². The molecule has 2 heterocycles. The van der Waals surface area contributed by atoms with Gasteiger partial charge in [0.25, 0.3) is 5.56 Å². The second-order valence-corrected chi connectivity index (χ2v) is 8.04. The fourth-order valence-corrected chi connectivity index (χ4v) is 4.10. The highest BCUT2D eigenvalue weighted by Gasteiger charge is 2.22. The van der Waals surface area contributed by atoms with Crippen molar-refractivity contribution in [2.75, 3.05) is 6.54 Å². The van der Waals surface area contributed by atoms with Crippen LogP contribution in [0.2, 0.25) is 0 Å². The molecular weight excluding hydrogens is 336 g/mol. The largest absolute Gasteiger partial charge is 0.312 e. The number of H-pyrrole nitrogens is 1. The fraction of sp³-hybridized carbons (Fsp3) is 0.455. The van der Waals surface area contributed by atoms with E-state index in [4.69, 9.17) is 5.10 Å². The number of hydrogen-bond donors (Lipinski definition) is 2. The van der Waals surface area contributed by atoms with Crippen LogP contribution in [0.25, 0.3) is 22.3 Å². The Morgan fingerprint density at radius 1 is 1.22 bits per heavy atom. The molecule has 5 nitrogen and oxygen atoms in total. The molecule has 4 rings (SSSR count). The number of aromatic nitrogens is 3. The van der Waals surface area contributed by atoms with Gasteiger partial charge in [-0.15, -0.1) is 0 Å². The van der Waals surface area contributed by atoms with Crippen LogP contribution in [0.4, 0.5) is 0 Å². The summed E-state index contributed by atoms with van der Waals surface area (Å²) in [6.45, 7) is 6.29. The van der Waals surface area contributed by atoms with E-state index in [1.807, 2.05) is 11.7 Å². The lowest BCUT2D eigenvalue weighted by molar-refractivity contribution is 0.552. The third kappa shape index (κ3) is 3.44. The first kappa shape index (κ1) is 18.0. The molecule has 2 aromatic heterocycles. The molecule has 142 valence electrons. The van der Waals surface area contributed by atoms with E-state index in [0.717, 1.165) is 66.6 Å². The molecule has 0 spiro atoms. The van der Waals surface area contributed by atoms with Crippen molar-refractivity contribution in [1.82, 2.24) is 20.1 Å². The van der Waals surface area contributed by atoms with Gasteiger partial charge in [0.1, 0.15) is 11.3 Å². The zero-order chi connectivity index (χ0) is 19.0. The highest BCUT2D eigenvalue weighted by Crippen LogP contribution is 2.33. The third-order valence-electron chi connectivity index (χ3n) is 5.40. The number of benzene rings is 1. The van der Waals surface area contributed by atoms with Crippen molar-refractivity contribution in [2.45, 2.75) is 46.1 Å². The van der Waals surface area contributed by atoms with Gasteiger partial charge >= 0.3 is 0 Å². The number of hydrogen-bond acceptors (Lipinski definition) is 3. The zero-order valence-electron chi connectivity index (χ0n) is 16.4. The van der Waals surface area contributed by atoms with Crippen LogP contribution in [0.3, 0.4) is 0 Å². The Labute approximate surface area is 159 Å². The summed E-state index contributed by atoms with van der Waals surface area (Å²) in [5.41, 5.74) is 6.39. The Morgan fingerprint density at radius 3 is 2.78 bits per heavy atom. The van der Waals surface area contributed by atoms with Crippen LogP contribution in [0.5, 0.6) is 0 Å². The first-order valence-electron chi connectivity index (χ1n) is 9.95. The average Bonchev–Trinajstić information content (AvgIpc) is 2.99. The average molecular weight is 364 g/mol. The van der Waals surface area contributed by atoms with Crippen LogP contribution in [-0.4, -0.2) is 21.3 Å². The van der Waals surface area contributed by atoms with Crippen molar-refractivity contribution in [2.24, 2.45) is 13.0 Å². The van der Waals surface area contributed by atoms with E-state index in [9.17, 15) is 4.79 Å². The molecule has 0 aliphatic heterocycles. The summed E-state index contributed by atoms with van der Waals surface area (Å²) in [4.78, 5) is 15.6. The van der Waals surface area contributed by atoms with Gasteiger partial charge in [-0.3, -0.25) is 9.48 Å². The first-order chi connectivity index (χ1) is 13.0. The fourth-order valence-electron chi connectivity index (χ4n) is 4.10. The van der Waals surface area contributed by atoms with Crippen LogP contribution in [0, 0.1) is 5.92 Å². The third-order valence-corrected chi connectivity index (χ3v) is 5.40. The lowest BCUT2D eigenvalue weighted by Gasteiger charge is -2.16. The molecule has 5 heteroatoms. The highest BCUT2D eigenvalue weighted by molar-refractivity contribution is 5.94. The summed E-state index contributed by atoms with van der Waals surface area (Å²) in [5, 5.41) is 9.42. The summed E-state index contributed by atoms with van der Waals surface area (Å²) >= 11 is 0. The van der Waals surface area contributed by atoms with Gasteiger partial charge in [-0.2, -0.15) is 5.10 Å². The highest BCUT2D eigenvalue weighted by atomic mass is 16.1. The van der Waals surface area contributed by atoms with Crippen molar-refractivity contribution in [3.05, 3.63) is 51.3 Å². The Kier molecular flexibility index (Phi) is 4.87. The van der Waals surface area contributed by atoms with Crippen LogP contribution < -0.4 is 10.9 Å². The predicted octanol–water partition coefficient (Wildman–Crippen LogP) is 3.55. The van der Waals surface area contributed by atoms with Crippen molar-refractivity contribution in [1.29, 1.82) is 0 Å². The van der Waals surface area contributed by atoms with E-state index in [-0.39, 0.29) is 5.56 Å². The molecule has 1 aromatic carbocycles. The summed E-state index contributed by atoms with van der Waals surface area (Å²) in [5.74, 6) is 0.635. The quantitative estimate of drug-likeness (QED) is 0.728. The molecule has 0 saturated carbocycles. The summed E-state index contributed by atoms with van der Waals surface area (Å²) in [7, 11) is 1.91. The van der Waals surface area contributed by atoms with Crippen molar-refractivity contribution < 1.29 is 0 Å². The maximum Gasteiger partial charge on any atom is 0.253 e. The number of aromatic amines is 1. The van der Waals surface area contributed by atoms with Gasteiger partial charge in [-0.25, -0.2) is 0 Å². The van der Waals surface area contributed by atoms with Crippen molar-refractivity contribution in [3.8, 4) is 11.3 Å². The molecule has 0 fully saturated rings. The number of fused-ring (bicyclic) bond motifs is 3. The molecule has 0 radical (unpaired) electrons. The first-order valence-corrected chi connectivity index (χ1v) is 9.95. The number of nitrogens with zero attached hydrogens (tertiary/aromatic N) is 2. The Balaban J connectivity index is 1.79.